The molecule has 4 rings (SSSR count). The van der Waals surface area contributed by atoms with E-state index in [1.165, 1.54) is 11.8 Å². The molecule has 2 aromatic carbocycles. The first kappa shape index (κ1) is 24.0. The Balaban J connectivity index is 1.56. The Kier molecular flexibility index (Phi) is 7.36. The van der Waals surface area contributed by atoms with E-state index in [1.807, 2.05) is 54.6 Å². The minimum absolute atomic E-state index is 0.179. The third kappa shape index (κ3) is 5.17. The summed E-state index contributed by atoms with van der Waals surface area (Å²) in [6, 6.07) is 15.0. The number of rotatable bonds is 6. The van der Waals surface area contributed by atoms with Gasteiger partial charge in [-0.2, -0.15) is 0 Å². The highest BCUT2D eigenvalue weighted by molar-refractivity contribution is 8.14. The number of carbonyl (C=O) groups is 4. The van der Waals surface area contributed by atoms with Gasteiger partial charge in [-0.05, 0) is 42.4 Å². The minimum atomic E-state index is -1.05. The molecule has 8 heteroatoms. The van der Waals surface area contributed by atoms with Gasteiger partial charge in [0, 0.05) is 13.3 Å². The van der Waals surface area contributed by atoms with Crippen molar-refractivity contribution in [2.24, 2.45) is 0 Å². The molecule has 0 bridgehead atoms. The lowest BCUT2D eigenvalue weighted by molar-refractivity contribution is -0.154. The first-order valence-electron chi connectivity index (χ1n) is 11.5. The molecule has 2 amide bonds. The molecular formula is C26H28N2O5S. The molecule has 34 heavy (non-hydrogen) atoms. The van der Waals surface area contributed by atoms with E-state index in [2.05, 4.69) is 5.32 Å². The Morgan fingerprint density at radius 3 is 2.50 bits per heavy atom. The molecule has 0 spiro atoms. The van der Waals surface area contributed by atoms with Crippen molar-refractivity contribution < 1.29 is 24.3 Å². The molecule has 0 unspecified atom stereocenters. The topological polar surface area (TPSA) is 104 Å². The van der Waals surface area contributed by atoms with Crippen LogP contribution in [0.3, 0.4) is 0 Å². The number of amides is 2. The van der Waals surface area contributed by atoms with Crippen molar-refractivity contribution in [2.45, 2.75) is 62.4 Å². The average molecular weight is 481 g/mol. The van der Waals surface area contributed by atoms with Crippen LogP contribution in [0.25, 0.3) is 0 Å². The lowest BCUT2D eigenvalue weighted by Crippen LogP contribution is -2.56. The van der Waals surface area contributed by atoms with Gasteiger partial charge in [0.05, 0.1) is 11.3 Å². The monoisotopic (exact) mass is 480 g/mol. The molecule has 2 aliphatic heterocycles. The first-order chi connectivity index (χ1) is 16.3. The number of nitrogens with one attached hydrogen (secondary N) is 1. The number of aliphatic carboxylic acids is 1. The molecule has 178 valence electrons. The van der Waals surface area contributed by atoms with Crippen LogP contribution in [0.15, 0.2) is 54.6 Å². The second-order valence-electron chi connectivity index (χ2n) is 8.80. The van der Waals surface area contributed by atoms with Gasteiger partial charge in [-0.3, -0.25) is 14.4 Å². The Morgan fingerprint density at radius 2 is 1.79 bits per heavy atom. The highest BCUT2D eigenvalue weighted by atomic mass is 32.2. The second-order valence-corrected chi connectivity index (χ2v) is 10.2. The van der Waals surface area contributed by atoms with Crippen LogP contribution in [0, 0.1) is 0 Å². The van der Waals surface area contributed by atoms with Gasteiger partial charge in [0.15, 0.2) is 5.12 Å². The first-order valence-corrected chi connectivity index (χ1v) is 12.4. The molecule has 2 aliphatic rings. The molecule has 1 fully saturated rings. The largest absolute Gasteiger partial charge is 0.480 e. The summed E-state index contributed by atoms with van der Waals surface area (Å²) < 4.78 is 0. The summed E-state index contributed by atoms with van der Waals surface area (Å²) in [5, 5.41) is 11.9. The molecule has 7 nitrogen and oxygen atoms in total. The van der Waals surface area contributed by atoms with Crippen molar-refractivity contribution in [3.8, 4) is 0 Å². The van der Waals surface area contributed by atoms with Crippen LogP contribution in [0.1, 0.15) is 48.9 Å². The lowest BCUT2D eigenvalue weighted by Gasteiger charge is -2.41. The molecule has 1 saturated heterocycles. The fourth-order valence-corrected chi connectivity index (χ4v) is 5.81. The van der Waals surface area contributed by atoms with Crippen LogP contribution in [0.4, 0.5) is 0 Å². The van der Waals surface area contributed by atoms with E-state index in [0.29, 0.717) is 25.7 Å². The summed E-state index contributed by atoms with van der Waals surface area (Å²) >= 11 is 0.946. The van der Waals surface area contributed by atoms with Gasteiger partial charge in [0.2, 0.25) is 11.8 Å². The molecule has 2 N–H and O–H groups in total. The average Bonchev–Trinajstić information content (AvgIpc) is 2.97. The predicted octanol–water partition coefficient (Wildman–Crippen LogP) is 3.13. The maximum atomic E-state index is 13.6. The summed E-state index contributed by atoms with van der Waals surface area (Å²) in [7, 11) is 0. The zero-order valence-electron chi connectivity index (χ0n) is 19.0. The number of hydrogen-bond donors (Lipinski definition) is 2. The van der Waals surface area contributed by atoms with Crippen molar-refractivity contribution in [2.75, 3.05) is 0 Å². The molecule has 2 heterocycles. The zero-order chi connectivity index (χ0) is 24.2. The third-order valence-electron chi connectivity index (χ3n) is 6.49. The van der Waals surface area contributed by atoms with Crippen LogP contribution in [-0.2, 0) is 32.0 Å². The number of carboxylic acids is 1. The van der Waals surface area contributed by atoms with Crippen molar-refractivity contribution >= 4 is 34.7 Å². The van der Waals surface area contributed by atoms with Crippen molar-refractivity contribution in [3.63, 3.8) is 0 Å². The zero-order valence-corrected chi connectivity index (χ0v) is 19.8. The van der Waals surface area contributed by atoms with Crippen molar-refractivity contribution in [3.05, 3.63) is 71.3 Å². The quantitative estimate of drug-likeness (QED) is 0.659. The Bertz CT molecular complexity index is 1090. The van der Waals surface area contributed by atoms with E-state index in [9.17, 15) is 24.3 Å². The van der Waals surface area contributed by atoms with Gasteiger partial charge in [-0.25, -0.2) is 4.79 Å². The highest BCUT2D eigenvalue weighted by Gasteiger charge is 2.45. The second kappa shape index (κ2) is 10.4. The van der Waals surface area contributed by atoms with Gasteiger partial charge in [0.25, 0.3) is 0 Å². The molecule has 4 atom stereocenters. The fraction of sp³-hybridized carbons (Fsp3) is 0.385. The summed E-state index contributed by atoms with van der Waals surface area (Å²) in [5.74, 6) is -1.80. The number of fused-ring (bicyclic) bond motifs is 3. The van der Waals surface area contributed by atoms with E-state index in [4.69, 9.17) is 0 Å². The maximum absolute atomic E-state index is 13.6. The van der Waals surface area contributed by atoms with Gasteiger partial charge < -0.3 is 15.3 Å². The Hall–Kier alpha value is -3.13. The lowest BCUT2D eigenvalue weighted by atomic mass is 9.86. The summed E-state index contributed by atoms with van der Waals surface area (Å²) in [6.07, 6.45) is 2.33. The Labute approximate surface area is 202 Å². The third-order valence-corrected chi connectivity index (χ3v) is 7.49. The Morgan fingerprint density at radius 1 is 1.09 bits per heavy atom. The molecule has 0 aromatic heterocycles. The normalized spacial score (nSPS) is 22.7. The number of carboxylic acid groups (broad SMARTS) is 1. The van der Waals surface area contributed by atoms with Gasteiger partial charge in [0.1, 0.15) is 12.1 Å². The van der Waals surface area contributed by atoms with Crippen molar-refractivity contribution in [1.29, 1.82) is 0 Å². The van der Waals surface area contributed by atoms with Gasteiger partial charge in [-0.15, -0.1) is 0 Å². The van der Waals surface area contributed by atoms with Crippen LogP contribution in [-0.4, -0.2) is 50.2 Å². The highest BCUT2D eigenvalue weighted by Crippen LogP contribution is 2.39. The molecule has 0 saturated carbocycles. The standard InChI is InChI=1S/C26H28N2O5S/c1-16(29)34-23(14-17-8-3-2-4-9-17)24(30)27-20-12-7-13-21-19-11-6-5-10-18(19)15-22(26(32)33)28(21)25(20)31/h2-6,8-11,20-23H,7,12-15H2,1H3,(H,27,30)(H,32,33)/t20-,21+,22-,23-/m0/s1. The van der Waals surface area contributed by atoms with Crippen LogP contribution in [0.5, 0.6) is 0 Å². The van der Waals surface area contributed by atoms with Crippen LogP contribution in [0.2, 0.25) is 0 Å². The molecule has 0 radical (unpaired) electrons. The van der Waals surface area contributed by atoms with E-state index in [-0.39, 0.29) is 29.4 Å². The number of benzene rings is 2. The van der Waals surface area contributed by atoms with Crippen molar-refractivity contribution in [1.82, 2.24) is 10.2 Å². The minimum Gasteiger partial charge on any atom is -0.480 e. The van der Waals surface area contributed by atoms with E-state index in [0.717, 1.165) is 28.5 Å². The number of thioether (sulfide) groups is 1. The predicted molar refractivity (Wildman–Crippen MR) is 129 cm³/mol. The molecular weight excluding hydrogens is 452 g/mol. The number of hydrogen-bond acceptors (Lipinski definition) is 5. The van der Waals surface area contributed by atoms with E-state index >= 15 is 0 Å². The SMILES string of the molecule is CC(=O)S[C@@H](Cc1ccccc1)C(=O)N[C@H]1CCC[C@@H]2c3ccccc3C[C@@H](C(=O)O)N2C1=O. The number of carbonyl (C=O) groups excluding carboxylic acids is 3. The smallest absolute Gasteiger partial charge is 0.326 e. The fourth-order valence-electron chi connectivity index (χ4n) is 4.96. The van der Waals surface area contributed by atoms with E-state index in [1.54, 1.807) is 0 Å². The molecule has 0 aliphatic carbocycles. The van der Waals surface area contributed by atoms with Crippen LogP contribution >= 0.6 is 11.8 Å². The van der Waals surface area contributed by atoms with Gasteiger partial charge >= 0.3 is 5.97 Å². The molecule has 2 aromatic rings. The summed E-state index contributed by atoms with van der Waals surface area (Å²) in [5.41, 5.74) is 2.85. The van der Waals surface area contributed by atoms with Gasteiger partial charge in [-0.1, -0.05) is 66.4 Å². The summed E-state index contributed by atoms with van der Waals surface area (Å²) in [6.45, 7) is 1.42. The van der Waals surface area contributed by atoms with Crippen LogP contribution < -0.4 is 5.32 Å². The summed E-state index contributed by atoms with van der Waals surface area (Å²) in [4.78, 5) is 52.2. The van der Waals surface area contributed by atoms with E-state index < -0.39 is 23.3 Å². The number of nitrogens with zero attached hydrogens (tertiary/aromatic N) is 1. The maximum Gasteiger partial charge on any atom is 0.326 e.